The van der Waals surface area contributed by atoms with Crippen molar-refractivity contribution in [2.45, 2.75) is 13.0 Å². The molecule has 4 aromatic rings. The average Bonchev–Trinajstić information content (AvgIpc) is 3.19. The molecule has 4 rings (SSSR count). The fourth-order valence-electron chi connectivity index (χ4n) is 3.48. The maximum absolute atomic E-state index is 13.1. The summed E-state index contributed by atoms with van der Waals surface area (Å²) >= 11 is 18.1. The van der Waals surface area contributed by atoms with Crippen LogP contribution in [0.2, 0.25) is 15.1 Å². The molecule has 3 amide bonds. The molecule has 0 aliphatic rings. The molecule has 7 nitrogen and oxygen atoms in total. The molecular formula is C25H19Cl3N4O3. The van der Waals surface area contributed by atoms with Crippen molar-refractivity contribution in [3.8, 4) is 0 Å². The van der Waals surface area contributed by atoms with E-state index in [9.17, 15) is 14.4 Å². The van der Waals surface area contributed by atoms with E-state index in [2.05, 4.69) is 16.1 Å². The lowest BCUT2D eigenvalue weighted by Gasteiger charge is -2.16. The molecule has 0 saturated heterocycles. The van der Waals surface area contributed by atoms with Gasteiger partial charge in [-0.25, -0.2) is 4.68 Å². The normalized spacial score (nSPS) is 11.7. The summed E-state index contributed by atoms with van der Waals surface area (Å²) in [5, 5.41) is 7.02. The van der Waals surface area contributed by atoms with Gasteiger partial charge in [0.25, 0.3) is 5.91 Å². The lowest BCUT2D eigenvalue weighted by atomic mass is 10.1. The molecule has 0 saturated carbocycles. The van der Waals surface area contributed by atoms with E-state index < -0.39 is 23.8 Å². The van der Waals surface area contributed by atoms with Crippen LogP contribution in [0, 0.1) is 0 Å². The number of carbonyl (C=O) groups excluding carboxylic acids is 3. The number of anilines is 1. The van der Waals surface area contributed by atoms with Crippen molar-refractivity contribution in [1.29, 1.82) is 0 Å². The highest BCUT2D eigenvalue weighted by atomic mass is 35.5. The summed E-state index contributed by atoms with van der Waals surface area (Å²) in [5.74, 6) is -2.34. The van der Waals surface area contributed by atoms with Gasteiger partial charge < -0.3 is 10.6 Å². The Hall–Kier alpha value is -3.52. The first-order valence-electron chi connectivity index (χ1n) is 10.5. The van der Waals surface area contributed by atoms with E-state index >= 15 is 0 Å². The smallest absolute Gasteiger partial charge is 0.328 e. The van der Waals surface area contributed by atoms with Gasteiger partial charge in [0.1, 0.15) is 5.69 Å². The zero-order valence-corrected chi connectivity index (χ0v) is 20.6. The van der Waals surface area contributed by atoms with Gasteiger partial charge in [-0.05, 0) is 55.0 Å². The summed E-state index contributed by atoms with van der Waals surface area (Å²) in [6.07, 6.45) is 0. The van der Waals surface area contributed by atoms with Crippen LogP contribution in [-0.4, -0.2) is 22.4 Å². The van der Waals surface area contributed by atoms with Crippen LogP contribution in [0.1, 0.15) is 29.0 Å². The predicted octanol–water partition coefficient (Wildman–Crippen LogP) is 5.80. The minimum absolute atomic E-state index is 0.0746. The molecule has 0 fully saturated rings. The quantitative estimate of drug-likeness (QED) is 0.285. The highest BCUT2D eigenvalue weighted by Crippen LogP contribution is 2.27. The van der Waals surface area contributed by atoms with Crippen molar-refractivity contribution in [3.05, 3.63) is 99.1 Å². The lowest BCUT2D eigenvalue weighted by molar-refractivity contribution is -0.137. The Morgan fingerprint density at radius 2 is 1.57 bits per heavy atom. The van der Waals surface area contributed by atoms with Gasteiger partial charge in [-0.3, -0.25) is 19.8 Å². The first-order valence-corrected chi connectivity index (χ1v) is 11.6. The number of benzene rings is 3. The molecule has 10 heteroatoms. The van der Waals surface area contributed by atoms with E-state index in [4.69, 9.17) is 34.8 Å². The molecule has 0 unspecified atom stereocenters. The third kappa shape index (κ3) is 5.59. The van der Waals surface area contributed by atoms with Crippen LogP contribution in [0.4, 0.5) is 5.69 Å². The van der Waals surface area contributed by atoms with Crippen LogP contribution in [0.15, 0.2) is 72.8 Å². The molecule has 3 aromatic carbocycles. The standard InChI is InChI=1S/C25H19Cl3N4O3/c1-14(15-5-3-2-4-6-15)29-24(34)25(35)31-32-21-10-7-17(26)11-16(21)12-22(32)23(33)30-18-8-9-19(27)20(28)13-18/h2-14H,1H3,(H,29,34)(H,30,33)(H,31,35)/t14-/m1/s1. The van der Waals surface area contributed by atoms with Crippen LogP contribution >= 0.6 is 34.8 Å². The first-order chi connectivity index (χ1) is 16.7. The number of carbonyl (C=O) groups is 3. The molecule has 1 aromatic heterocycles. The minimum atomic E-state index is -0.941. The van der Waals surface area contributed by atoms with Crippen molar-refractivity contribution in [2.75, 3.05) is 10.7 Å². The topological polar surface area (TPSA) is 92.2 Å². The molecular weight excluding hydrogens is 511 g/mol. The molecule has 0 spiro atoms. The van der Waals surface area contributed by atoms with Gasteiger partial charge in [0, 0.05) is 16.1 Å². The summed E-state index contributed by atoms with van der Waals surface area (Å²) in [4.78, 5) is 38.5. The molecule has 35 heavy (non-hydrogen) atoms. The Bertz CT molecular complexity index is 1440. The van der Waals surface area contributed by atoms with Crippen LogP contribution in [0.5, 0.6) is 0 Å². The number of nitrogens with zero attached hydrogens (tertiary/aromatic N) is 1. The Labute approximate surface area is 215 Å². The SMILES string of the molecule is C[C@@H](NC(=O)C(=O)Nn1c(C(=O)Nc2ccc(Cl)c(Cl)c2)cc2cc(Cl)ccc21)c1ccccc1. The minimum Gasteiger partial charge on any atom is -0.341 e. The second-order valence-corrected chi connectivity index (χ2v) is 8.95. The molecule has 178 valence electrons. The second kappa shape index (κ2) is 10.4. The number of hydrogen-bond acceptors (Lipinski definition) is 3. The van der Waals surface area contributed by atoms with Crippen LogP contribution in [-0.2, 0) is 9.59 Å². The monoisotopic (exact) mass is 528 g/mol. The van der Waals surface area contributed by atoms with E-state index in [1.807, 2.05) is 30.3 Å². The molecule has 1 atom stereocenters. The molecule has 0 aliphatic heterocycles. The highest BCUT2D eigenvalue weighted by Gasteiger charge is 2.22. The van der Waals surface area contributed by atoms with Crippen LogP contribution in [0.25, 0.3) is 10.9 Å². The highest BCUT2D eigenvalue weighted by molar-refractivity contribution is 6.42. The van der Waals surface area contributed by atoms with E-state index in [1.165, 1.54) is 10.7 Å². The number of rotatable bonds is 5. The molecule has 3 N–H and O–H groups in total. The van der Waals surface area contributed by atoms with E-state index in [0.717, 1.165) is 5.56 Å². The third-order valence-electron chi connectivity index (χ3n) is 5.24. The molecule has 0 aliphatic carbocycles. The van der Waals surface area contributed by atoms with E-state index in [1.54, 1.807) is 43.3 Å². The van der Waals surface area contributed by atoms with Gasteiger partial charge in [0.2, 0.25) is 0 Å². The Morgan fingerprint density at radius 1 is 0.829 bits per heavy atom. The maximum atomic E-state index is 13.1. The Morgan fingerprint density at radius 3 is 2.29 bits per heavy atom. The number of fused-ring (bicyclic) bond motifs is 1. The predicted molar refractivity (Wildman–Crippen MR) is 139 cm³/mol. The second-order valence-electron chi connectivity index (χ2n) is 7.70. The van der Waals surface area contributed by atoms with Crippen molar-refractivity contribution in [3.63, 3.8) is 0 Å². The van der Waals surface area contributed by atoms with Gasteiger partial charge in [0.15, 0.2) is 0 Å². The number of halogens is 3. The van der Waals surface area contributed by atoms with Crippen LogP contribution in [0.3, 0.4) is 0 Å². The third-order valence-corrected chi connectivity index (χ3v) is 6.21. The van der Waals surface area contributed by atoms with Crippen LogP contribution < -0.4 is 16.1 Å². The fourth-order valence-corrected chi connectivity index (χ4v) is 3.96. The Balaban J connectivity index is 1.60. The van der Waals surface area contributed by atoms with Gasteiger partial charge in [-0.1, -0.05) is 65.1 Å². The van der Waals surface area contributed by atoms with E-state index in [0.29, 0.717) is 26.6 Å². The summed E-state index contributed by atoms with van der Waals surface area (Å²) in [6, 6.07) is 19.9. The number of amides is 3. The zero-order valence-electron chi connectivity index (χ0n) is 18.3. The maximum Gasteiger partial charge on any atom is 0.328 e. The van der Waals surface area contributed by atoms with Crippen molar-refractivity contribution in [1.82, 2.24) is 9.99 Å². The van der Waals surface area contributed by atoms with Crippen molar-refractivity contribution >= 4 is 69.1 Å². The summed E-state index contributed by atoms with van der Waals surface area (Å²) in [7, 11) is 0. The summed E-state index contributed by atoms with van der Waals surface area (Å²) in [5.41, 5.74) is 4.31. The van der Waals surface area contributed by atoms with Crippen molar-refractivity contribution in [2.24, 2.45) is 0 Å². The van der Waals surface area contributed by atoms with Gasteiger partial charge in [-0.15, -0.1) is 0 Å². The summed E-state index contributed by atoms with van der Waals surface area (Å²) < 4.78 is 1.24. The van der Waals surface area contributed by atoms with Crippen molar-refractivity contribution < 1.29 is 14.4 Å². The Kier molecular flexibility index (Phi) is 7.31. The van der Waals surface area contributed by atoms with Gasteiger partial charge >= 0.3 is 11.8 Å². The van der Waals surface area contributed by atoms with Gasteiger partial charge in [0.05, 0.1) is 21.6 Å². The number of hydrogen-bond donors (Lipinski definition) is 3. The molecule has 1 heterocycles. The zero-order chi connectivity index (χ0) is 25.1. The van der Waals surface area contributed by atoms with E-state index in [-0.39, 0.29) is 10.7 Å². The molecule has 0 bridgehead atoms. The first kappa shape index (κ1) is 24.6. The molecule has 0 radical (unpaired) electrons. The average molecular weight is 530 g/mol. The fraction of sp³-hybridized carbons (Fsp3) is 0.0800. The largest absolute Gasteiger partial charge is 0.341 e. The van der Waals surface area contributed by atoms with Gasteiger partial charge in [-0.2, -0.15) is 0 Å². The summed E-state index contributed by atoms with van der Waals surface area (Å²) in [6.45, 7) is 1.77. The number of aromatic nitrogens is 1. The lowest BCUT2D eigenvalue weighted by Crippen LogP contribution is -2.40. The number of nitrogens with one attached hydrogen (secondary N) is 3.